The number of nitrogens with zero attached hydrogens (tertiary/aromatic N) is 1. The van der Waals surface area contributed by atoms with Gasteiger partial charge in [0.25, 0.3) is 5.91 Å². The van der Waals surface area contributed by atoms with Gasteiger partial charge in [0.2, 0.25) is 0 Å². The summed E-state index contributed by atoms with van der Waals surface area (Å²) in [4.78, 5) is 33.6. The Kier molecular flexibility index (Phi) is 5.76. The largest absolute Gasteiger partial charge is 0.451 e. The third kappa shape index (κ3) is 4.22. The monoisotopic (exact) mass is 388 g/mol. The lowest BCUT2D eigenvalue weighted by molar-refractivity contribution is -0.380. The van der Waals surface area contributed by atoms with E-state index in [1.807, 2.05) is 0 Å². The van der Waals surface area contributed by atoms with E-state index < -0.39 is 23.4 Å². The average molecular weight is 389 g/mol. The van der Waals surface area contributed by atoms with Crippen molar-refractivity contribution in [1.29, 1.82) is 0 Å². The molecule has 24 heavy (non-hydrogen) atoms. The maximum absolute atomic E-state index is 11.9. The molecule has 7 nitrogen and oxygen atoms in total. The lowest BCUT2D eigenvalue weighted by Crippen LogP contribution is -2.21. The Balaban J connectivity index is 1.97. The van der Waals surface area contributed by atoms with Crippen LogP contribution in [0.25, 0.3) is 0 Å². The number of anilines is 1. The van der Waals surface area contributed by atoms with Crippen LogP contribution in [0.15, 0.2) is 24.3 Å². The van der Waals surface area contributed by atoms with E-state index >= 15 is 0 Å². The van der Waals surface area contributed by atoms with Crippen LogP contribution >= 0.6 is 34.5 Å². The van der Waals surface area contributed by atoms with Crippen LogP contribution < -0.4 is 5.32 Å². The van der Waals surface area contributed by atoms with E-state index in [0.717, 1.165) is 5.56 Å². The Labute approximate surface area is 150 Å². The number of halogens is 2. The number of nitrogens with one attached hydrogen (secondary N) is 1. The van der Waals surface area contributed by atoms with Gasteiger partial charge in [-0.2, -0.15) is 0 Å². The Morgan fingerprint density at radius 3 is 2.62 bits per heavy atom. The highest BCUT2D eigenvalue weighted by Crippen LogP contribution is 2.32. The summed E-state index contributed by atoms with van der Waals surface area (Å²) in [7, 11) is 0. The van der Waals surface area contributed by atoms with E-state index in [1.165, 1.54) is 12.1 Å². The highest BCUT2D eigenvalue weighted by molar-refractivity contribution is 7.17. The molecule has 1 N–H and O–H groups in total. The molecule has 0 saturated heterocycles. The first-order valence-electron chi connectivity index (χ1n) is 6.45. The van der Waals surface area contributed by atoms with Crippen LogP contribution in [-0.2, 0) is 9.53 Å². The topological polar surface area (TPSA) is 98.5 Å². The molecule has 0 fully saturated rings. The third-order valence-corrected chi connectivity index (χ3v) is 4.67. The summed E-state index contributed by atoms with van der Waals surface area (Å²) in [5.74, 6) is -1.46. The van der Waals surface area contributed by atoms with Gasteiger partial charge in [-0.15, -0.1) is 0 Å². The van der Waals surface area contributed by atoms with Gasteiger partial charge < -0.3 is 10.1 Å². The molecule has 0 aliphatic carbocycles. The number of ether oxygens (including phenoxy) is 1. The van der Waals surface area contributed by atoms with Crippen LogP contribution in [0, 0.1) is 17.0 Å². The molecular formula is C14H10Cl2N2O5S. The lowest BCUT2D eigenvalue weighted by atomic mass is 10.2. The molecule has 2 aromatic rings. The molecule has 0 unspecified atom stereocenters. The van der Waals surface area contributed by atoms with Crippen molar-refractivity contribution in [3.63, 3.8) is 0 Å². The number of hydrogen-bond acceptors (Lipinski definition) is 6. The lowest BCUT2D eigenvalue weighted by Gasteiger charge is -2.11. The molecule has 0 bridgehead atoms. The van der Waals surface area contributed by atoms with Crippen molar-refractivity contribution in [2.24, 2.45) is 0 Å². The number of nitro groups is 1. The first kappa shape index (κ1) is 18.2. The van der Waals surface area contributed by atoms with Gasteiger partial charge in [0.05, 0.1) is 20.7 Å². The highest BCUT2D eigenvalue weighted by atomic mass is 35.5. The minimum atomic E-state index is -0.829. The fourth-order valence-corrected chi connectivity index (χ4v) is 2.86. The maximum Gasteiger partial charge on any atom is 0.349 e. The Morgan fingerprint density at radius 1 is 1.29 bits per heavy atom. The molecule has 126 valence electrons. The van der Waals surface area contributed by atoms with Crippen LogP contribution in [0.5, 0.6) is 0 Å². The number of esters is 1. The molecule has 0 aliphatic heterocycles. The molecule has 10 heteroatoms. The molecule has 0 saturated carbocycles. The number of amides is 1. The van der Waals surface area contributed by atoms with Crippen LogP contribution in [-0.4, -0.2) is 23.4 Å². The quantitative estimate of drug-likeness (QED) is 0.472. The number of benzene rings is 1. The van der Waals surface area contributed by atoms with Crippen LogP contribution in [0.4, 0.5) is 10.7 Å². The van der Waals surface area contributed by atoms with Crippen molar-refractivity contribution in [2.45, 2.75) is 6.92 Å². The minimum Gasteiger partial charge on any atom is -0.451 e. The van der Waals surface area contributed by atoms with Gasteiger partial charge in [-0.25, -0.2) is 4.79 Å². The molecule has 0 spiro atoms. The predicted octanol–water partition coefficient (Wildman–Crippen LogP) is 4.07. The fourth-order valence-electron chi connectivity index (χ4n) is 1.68. The molecule has 1 aromatic carbocycles. The van der Waals surface area contributed by atoms with E-state index in [0.29, 0.717) is 11.3 Å². The second-order valence-corrected chi connectivity index (χ2v) is 6.42. The van der Waals surface area contributed by atoms with E-state index in [1.54, 1.807) is 19.1 Å². The van der Waals surface area contributed by atoms with Crippen molar-refractivity contribution in [3.05, 3.63) is 54.9 Å². The molecule has 0 atom stereocenters. The number of rotatable bonds is 5. The molecular weight excluding hydrogens is 379 g/mol. The van der Waals surface area contributed by atoms with Gasteiger partial charge in [0.15, 0.2) is 6.61 Å². The van der Waals surface area contributed by atoms with Crippen LogP contribution in [0.3, 0.4) is 0 Å². The summed E-state index contributed by atoms with van der Waals surface area (Å²) in [6, 6.07) is 5.73. The number of hydrogen-bond donors (Lipinski definition) is 1. The number of aryl methyl sites for hydroxylation is 1. The fraction of sp³-hybridized carbons (Fsp3) is 0.143. The van der Waals surface area contributed by atoms with Crippen LogP contribution in [0.2, 0.25) is 10.0 Å². The van der Waals surface area contributed by atoms with Gasteiger partial charge in [-0.1, -0.05) is 40.6 Å². The van der Waals surface area contributed by atoms with Crippen LogP contribution in [0.1, 0.15) is 15.2 Å². The van der Waals surface area contributed by atoms with Crippen molar-refractivity contribution < 1.29 is 19.2 Å². The minimum absolute atomic E-state index is 0.0288. The van der Waals surface area contributed by atoms with Gasteiger partial charge in [0, 0.05) is 6.07 Å². The maximum atomic E-state index is 11.9. The van der Waals surface area contributed by atoms with E-state index in [-0.39, 0.29) is 25.6 Å². The second-order valence-electron chi connectivity index (χ2n) is 4.57. The summed E-state index contributed by atoms with van der Waals surface area (Å²) in [6.45, 7) is 1.17. The molecule has 2 rings (SSSR count). The Bertz CT molecular complexity index is 821. The van der Waals surface area contributed by atoms with E-state index in [2.05, 4.69) is 5.32 Å². The first-order valence-corrected chi connectivity index (χ1v) is 8.02. The summed E-state index contributed by atoms with van der Waals surface area (Å²) in [5.41, 5.74) is 0.949. The molecule has 1 heterocycles. The average Bonchev–Trinajstić information content (AvgIpc) is 3.03. The molecule has 0 radical (unpaired) electrons. The smallest absolute Gasteiger partial charge is 0.349 e. The molecule has 1 aromatic heterocycles. The van der Waals surface area contributed by atoms with Crippen molar-refractivity contribution in [1.82, 2.24) is 0 Å². The predicted molar refractivity (Wildman–Crippen MR) is 91.1 cm³/mol. The van der Waals surface area contributed by atoms with Crippen molar-refractivity contribution >= 4 is 57.1 Å². The van der Waals surface area contributed by atoms with Crippen molar-refractivity contribution in [2.75, 3.05) is 11.9 Å². The zero-order valence-electron chi connectivity index (χ0n) is 12.2. The normalized spacial score (nSPS) is 10.3. The highest BCUT2D eigenvalue weighted by Gasteiger charge is 2.18. The van der Waals surface area contributed by atoms with Gasteiger partial charge >= 0.3 is 11.0 Å². The van der Waals surface area contributed by atoms with Crippen molar-refractivity contribution in [3.8, 4) is 0 Å². The summed E-state index contributed by atoms with van der Waals surface area (Å²) in [6.07, 6.45) is 0. The zero-order chi connectivity index (χ0) is 17.9. The molecule has 0 aliphatic rings. The number of carbonyl (C=O) groups excluding carboxylic acids is 2. The Hall–Kier alpha value is -2.16. The Morgan fingerprint density at radius 2 is 2.00 bits per heavy atom. The van der Waals surface area contributed by atoms with Gasteiger partial charge in [0.1, 0.15) is 4.88 Å². The third-order valence-electron chi connectivity index (χ3n) is 2.86. The SMILES string of the molecule is Cc1ccc(Cl)c(NC(=O)COC(=O)c2ccc([N+](=O)[O-])s2)c1Cl. The first-order chi connectivity index (χ1) is 11.3. The standard InChI is InChI=1S/C14H10Cl2N2O5S/c1-7-2-3-8(15)13(12(7)16)17-10(19)6-23-14(20)9-4-5-11(24-9)18(21)22/h2-5H,6H2,1H3,(H,17,19). The second kappa shape index (κ2) is 7.61. The summed E-state index contributed by atoms with van der Waals surface area (Å²) in [5, 5.41) is 13.4. The number of thiophene rings is 1. The van der Waals surface area contributed by atoms with E-state index in [4.69, 9.17) is 27.9 Å². The van der Waals surface area contributed by atoms with E-state index in [9.17, 15) is 19.7 Å². The van der Waals surface area contributed by atoms with Gasteiger partial charge in [-0.3, -0.25) is 14.9 Å². The molecule has 1 amide bonds. The number of carbonyl (C=O) groups is 2. The summed E-state index contributed by atoms with van der Waals surface area (Å²) >= 11 is 12.7. The zero-order valence-corrected chi connectivity index (χ0v) is 14.5. The van der Waals surface area contributed by atoms with Gasteiger partial charge in [-0.05, 0) is 24.6 Å². The summed E-state index contributed by atoms with van der Waals surface area (Å²) < 4.78 is 4.82.